The van der Waals surface area contributed by atoms with E-state index in [-0.39, 0.29) is 5.82 Å². The Labute approximate surface area is 82.1 Å². The first-order valence-corrected chi connectivity index (χ1v) is 4.82. The number of rotatable bonds is 0. The molecule has 2 rings (SSSR count). The van der Waals surface area contributed by atoms with E-state index in [9.17, 15) is 8.78 Å². The molecule has 1 heterocycles. The largest absolute Gasteiger partial charge is 0.385 e. The van der Waals surface area contributed by atoms with Crippen molar-refractivity contribution in [1.82, 2.24) is 0 Å². The summed E-state index contributed by atoms with van der Waals surface area (Å²) in [4.78, 5) is 0. The third kappa shape index (κ3) is 1.59. The van der Waals surface area contributed by atoms with Crippen LogP contribution in [0.3, 0.4) is 0 Å². The van der Waals surface area contributed by atoms with Crippen molar-refractivity contribution in [3.8, 4) is 0 Å². The van der Waals surface area contributed by atoms with E-state index in [4.69, 9.17) is 0 Å². The first kappa shape index (κ1) is 9.44. The Hall–Kier alpha value is -1.12. The Kier molecular flexibility index (Phi) is 2.17. The number of hydrogen-bond acceptors (Lipinski definition) is 1. The van der Waals surface area contributed by atoms with Gasteiger partial charge in [0.1, 0.15) is 11.5 Å². The van der Waals surface area contributed by atoms with Crippen LogP contribution >= 0.6 is 0 Å². The summed E-state index contributed by atoms with van der Waals surface area (Å²) in [7, 11) is 0. The number of benzene rings is 1. The van der Waals surface area contributed by atoms with Gasteiger partial charge >= 0.3 is 0 Å². The number of nitrogens with one attached hydrogen (secondary N) is 1. The minimum Gasteiger partial charge on any atom is -0.385 e. The van der Waals surface area contributed by atoms with Crippen LogP contribution in [0.5, 0.6) is 0 Å². The average Bonchev–Trinajstić information content (AvgIpc) is 2.25. The number of alkyl halides is 1. The maximum atomic E-state index is 14.1. The lowest BCUT2D eigenvalue weighted by Crippen LogP contribution is -2.14. The van der Waals surface area contributed by atoms with E-state index < -0.39 is 5.67 Å². The summed E-state index contributed by atoms with van der Waals surface area (Å²) in [6, 6.07) is 4.20. The first-order valence-electron chi connectivity index (χ1n) is 4.82. The Morgan fingerprint density at radius 2 is 2.21 bits per heavy atom. The maximum absolute atomic E-state index is 14.1. The zero-order chi connectivity index (χ0) is 10.2. The van der Waals surface area contributed by atoms with E-state index >= 15 is 0 Å². The van der Waals surface area contributed by atoms with Gasteiger partial charge in [0.25, 0.3) is 0 Å². The number of anilines is 1. The highest BCUT2D eigenvalue weighted by molar-refractivity contribution is 5.54. The molecule has 0 spiro atoms. The van der Waals surface area contributed by atoms with Gasteiger partial charge in [0, 0.05) is 17.8 Å². The van der Waals surface area contributed by atoms with Crippen molar-refractivity contribution in [2.75, 3.05) is 11.9 Å². The predicted octanol–water partition coefficient (Wildman–Crippen LogP) is 3.22. The molecule has 1 nitrogen and oxygen atoms in total. The van der Waals surface area contributed by atoms with Gasteiger partial charge in [-0.05, 0) is 31.9 Å². The standard InChI is InChI=1S/C11H13F2N/c1-11(13)5-2-6-14-10-7-8(12)3-4-9(10)11/h3-4,7,14H,2,5-6H2,1H3. The highest BCUT2D eigenvalue weighted by Crippen LogP contribution is 2.37. The maximum Gasteiger partial charge on any atom is 0.135 e. The van der Waals surface area contributed by atoms with Crippen LogP contribution in [0.2, 0.25) is 0 Å². The Bertz CT molecular complexity index is 347. The van der Waals surface area contributed by atoms with Crippen LogP contribution in [0.25, 0.3) is 0 Å². The van der Waals surface area contributed by atoms with E-state index in [1.165, 1.54) is 18.2 Å². The van der Waals surface area contributed by atoms with Gasteiger partial charge in [-0.1, -0.05) is 6.07 Å². The number of fused-ring (bicyclic) bond motifs is 1. The molecule has 1 unspecified atom stereocenters. The Morgan fingerprint density at radius 3 is 3.00 bits per heavy atom. The van der Waals surface area contributed by atoms with Crippen LogP contribution < -0.4 is 5.32 Å². The minimum atomic E-state index is -1.34. The predicted molar refractivity (Wildman–Crippen MR) is 52.6 cm³/mol. The first-order chi connectivity index (χ1) is 6.59. The number of hydrogen-bond donors (Lipinski definition) is 1. The molecule has 0 radical (unpaired) electrons. The van der Waals surface area contributed by atoms with Gasteiger partial charge in [-0.25, -0.2) is 8.78 Å². The van der Waals surface area contributed by atoms with E-state index in [2.05, 4.69) is 5.32 Å². The molecule has 1 aromatic rings. The summed E-state index contributed by atoms with van der Waals surface area (Å²) in [6.45, 7) is 2.26. The molecule has 0 aliphatic carbocycles. The molecule has 1 atom stereocenters. The Balaban J connectivity index is 2.50. The van der Waals surface area contributed by atoms with Crippen molar-refractivity contribution in [3.63, 3.8) is 0 Å². The molecular weight excluding hydrogens is 184 g/mol. The number of halogens is 2. The summed E-state index contributed by atoms with van der Waals surface area (Å²) < 4.78 is 27.0. The molecule has 1 N–H and O–H groups in total. The lowest BCUT2D eigenvalue weighted by Gasteiger charge is -2.20. The molecule has 1 aliphatic rings. The van der Waals surface area contributed by atoms with Crippen molar-refractivity contribution in [1.29, 1.82) is 0 Å². The van der Waals surface area contributed by atoms with Gasteiger partial charge in [0.05, 0.1) is 0 Å². The van der Waals surface area contributed by atoms with E-state index in [1.807, 2.05) is 0 Å². The van der Waals surface area contributed by atoms with Gasteiger partial charge in [0.15, 0.2) is 0 Å². The summed E-state index contributed by atoms with van der Waals surface area (Å²) in [5.41, 5.74) is -0.184. The molecule has 1 aromatic carbocycles. The minimum absolute atomic E-state index is 0.325. The molecule has 3 heteroatoms. The second kappa shape index (κ2) is 3.23. The average molecular weight is 197 g/mol. The van der Waals surface area contributed by atoms with Gasteiger partial charge in [0.2, 0.25) is 0 Å². The van der Waals surface area contributed by atoms with Crippen LogP contribution in [-0.4, -0.2) is 6.54 Å². The topological polar surface area (TPSA) is 12.0 Å². The second-order valence-electron chi connectivity index (χ2n) is 3.92. The van der Waals surface area contributed by atoms with Crippen LogP contribution in [0, 0.1) is 5.82 Å². The normalized spacial score (nSPS) is 26.2. The second-order valence-corrected chi connectivity index (χ2v) is 3.92. The highest BCUT2D eigenvalue weighted by Gasteiger charge is 2.30. The lowest BCUT2D eigenvalue weighted by molar-refractivity contribution is 0.178. The third-order valence-electron chi connectivity index (χ3n) is 2.68. The van der Waals surface area contributed by atoms with Crippen molar-refractivity contribution in [3.05, 3.63) is 29.6 Å². The summed E-state index contributed by atoms with van der Waals surface area (Å²) in [5, 5.41) is 3.04. The molecule has 0 fully saturated rings. The van der Waals surface area contributed by atoms with Crippen LogP contribution in [0.4, 0.5) is 14.5 Å². The molecule has 0 amide bonds. The molecule has 1 aliphatic heterocycles. The van der Waals surface area contributed by atoms with E-state index in [1.54, 1.807) is 6.92 Å². The molecule has 14 heavy (non-hydrogen) atoms. The fraction of sp³-hybridized carbons (Fsp3) is 0.455. The lowest BCUT2D eigenvalue weighted by atomic mass is 9.93. The SMILES string of the molecule is CC1(F)CCCNc2cc(F)ccc21. The highest BCUT2D eigenvalue weighted by atomic mass is 19.1. The quantitative estimate of drug-likeness (QED) is 0.673. The summed E-state index contributed by atoms with van der Waals surface area (Å²) >= 11 is 0. The van der Waals surface area contributed by atoms with E-state index in [0.29, 0.717) is 24.2 Å². The smallest absolute Gasteiger partial charge is 0.135 e. The zero-order valence-corrected chi connectivity index (χ0v) is 8.11. The van der Waals surface area contributed by atoms with Crippen LogP contribution in [-0.2, 0) is 5.67 Å². The van der Waals surface area contributed by atoms with Gasteiger partial charge in [-0.3, -0.25) is 0 Å². The molecule has 0 aromatic heterocycles. The molecule has 0 saturated heterocycles. The van der Waals surface area contributed by atoms with Crippen molar-refractivity contribution >= 4 is 5.69 Å². The molecule has 76 valence electrons. The fourth-order valence-corrected chi connectivity index (χ4v) is 1.90. The molecular formula is C11H13F2N. The Morgan fingerprint density at radius 1 is 1.43 bits per heavy atom. The fourth-order valence-electron chi connectivity index (χ4n) is 1.90. The van der Waals surface area contributed by atoms with Crippen molar-refractivity contribution < 1.29 is 8.78 Å². The summed E-state index contributed by atoms with van der Waals surface area (Å²) in [6.07, 6.45) is 1.25. The van der Waals surface area contributed by atoms with Crippen LogP contribution in [0.15, 0.2) is 18.2 Å². The summed E-state index contributed by atoms with van der Waals surface area (Å²) in [5.74, 6) is -0.325. The van der Waals surface area contributed by atoms with Gasteiger partial charge in [-0.2, -0.15) is 0 Å². The zero-order valence-electron chi connectivity index (χ0n) is 8.11. The van der Waals surface area contributed by atoms with Crippen molar-refractivity contribution in [2.45, 2.75) is 25.4 Å². The third-order valence-corrected chi connectivity index (χ3v) is 2.68. The van der Waals surface area contributed by atoms with E-state index in [0.717, 1.165) is 6.42 Å². The van der Waals surface area contributed by atoms with Gasteiger partial charge < -0.3 is 5.32 Å². The van der Waals surface area contributed by atoms with Gasteiger partial charge in [-0.15, -0.1) is 0 Å². The van der Waals surface area contributed by atoms with Crippen LogP contribution in [0.1, 0.15) is 25.3 Å². The molecule has 0 saturated carbocycles. The molecule has 0 bridgehead atoms. The monoisotopic (exact) mass is 197 g/mol. The van der Waals surface area contributed by atoms with Crippen molar-refractivity contribution in [2.24, 2.45) is 0 Å².